The molecule has 0 spiro atoms. The van der Waals surface area contributed by atoms with Gasteiger partial charge in [0.2, 0.25) is 5.69 Å². The number of hydrogen-bond acceptors (Lipinski definition) is 1. The molecule has 0 atom stereocenters. The third-order valence-electron chi connectivity index (χ3n) is 8.90. The van der Waals surface area contributed by atoms with Crippen LogP contribution in [0.5, 0.6) is 0 Å². The van der Waals surface area contributed by atoms with E-state index in [1.165, 1.54) is 21.9 Å². The van der Waals surface area contributed by atoms with Crippen molar-refractivity contribution in [2.45, 2.75) is 72.0 Å². The molecule has 0 bridgehead atoms. The topological polar surface area (TPSA) is 17.0 Å². The van der Waals surface area contributed by atoms with Crippen molar-refractivity contribution in [3.05, 3.63) is 84.1 Å². The van der Waals surface area contributed by atoms with Crippen LogP contribution in [0.4, 0.5) is 0 Å². The predicted octanol–water partition coefficient (Wildman–Crippen LogP) is 9.28. The SMILES string of the molecule is [2H]C1(c2ccc(-c3cc(-c4c(C)ccc5c4oc4ccccc45)[n+](C)cc3[Si](C)(C)C)cc2)CCC(C)(C)CC1. The maximum Gasteiger partial charge on any atom is 0.216 e. The number of pyridine rings is 1. The van der Waals surface area contributed by atoms with Crippen molar-refractivity contribution in [2.24, 2.45) is 12.5 Å². The molecule has 5 aromatic rings. The quantitative estimate of drug-likeness (QED) is 0.166. The number of furan rings is 1. The lowest BCUT2D eigenvalue weighted by atomic mass is 9.71. The van der Waals surface area contributed by atoms with Gasteiger partial charge in [0.1, 0.15) is 18.2 Å². The molecule has 2 nitrogen and oxygen atoms in total. The molecule has 0 unspecified atom stereocenters. The maximum atomic E-state index is 9.27. The van der Waals surface area contributed by atoms with Gasteiger partial charge in [-0.2, -0.15) is 0 Å². The summed E-state index contributed by atoms with van der Waals surface area (Å²) in [5, 5.41) is 3.76. The zero-order valence-electron chi connectivity index (χ0n) is 25.6. The number of para-hydroxylation sites is 1. The summed E-state index contributed by atoms with van der Waals surface area (Å²) in [4.78, 5) is 0. The molecule has 0 amide bonds. The molecule has 0 N–H and O–H groups in total. The Kier molecular flexibility index (Phi) is 6.04. The first kappa shape index (κ1) is 24.8. The fraction of sp³-hybridized carbons (Fsp3) is 0.361. The van der Waals surface area contributed by atoms with Gasteiger partial charge >= 0.3 is 0 Å². The Bertz CT molecular complexity index is 1730. The van der Waals surface area contributed by atoms with Crippen LogP contribution in [0.2, 0.25) is 19.6 Å². The maximum absolute atomic E-state index is 9.27. The van der Waals surface area contributed by atoms with Crippen LogP contribution in [0.25, 0.3) is 44.3 Å². The van der Waals surface area contributed by atoms with Crippen molar-refractivity contribution >= 4 is 35.2 Å². The summed E-state index contributed by atoms with van der Waals surface area (Å²) in [5.41, 5.74) is 9.46. The predicted molar refractivity (Wildman–Crippen MR) is 168 cm³/mol. The van der Waals surface area contributed by atoms with E-state index in [1.54, 1.807) is 0 Å². The van der Waals surface area contributed by atoms with E-state index in [9.17, 15) is 1.37 Å². The Morgan fingerprint density at radius 2 is 1.62 bits per heavy atom. The molecule has 1 aliphatic rings. The van der Waals surface area contributed by atoms with Crippen LogP contribution in [0, 0.1) is 12.3 Å². The Morgan fingerprint density at radius 1 is 0.923 bits per heavy atom. The van der Waals surface area contributed by atoms with Crippen molar-refractivity contribution < 1.29 is 10.4 Å². The summed E-state index contributed by atoms with van der Waals surface area (Å²) in [7, 11) is 0.500. The first-order valence-corrected chi connectivity index (χ1v) is 17.9. The second-order valence-electron chi connectivity index (χ2n) is 13.4. The molecule has 1 fully saturated rings. The number of hydrogen-bond donors (Lipinski definition) is 0. The van der Waals surface area contributed by atoms with E-state index in [-0.39, 0.29) is 0 Å². The van der Waals surface area contributed by atoms with Gasteiger partial charge in [-0.05, 0) is 72.2 Å². The smallest absolute Gasteiger partial charge is 0.216 e. The van der Waals surface area contributed by atoms with E-state index in [1.807, 2.05) is 6.07 Å². The number of nitrogens with zero attached hydrogens (tertiary/aromatic N) is 1. The number of aryl methyl sites for hydroxylation is 2. The highest BCUT2D eigenvalue weighted by atomic mass is 28.3. The summed E-state index contributed by atoms with van der Waals surface area (Å²) in [5.74, 6) is -0.474. The van der Waals surface area contributed by atoms with E-state index in [0.717, 1.165) is 64.4 Å². The van der Waals surface area contributed by atoms with Crippen LogP contribution in [0.1, 0.15) is 57.9 Å². The molecule has 2 aromatic heterocycles. The van der Waals surface area contributed by atoms with Crippen LogP contribution in [-0.2, 0) is 7.05 Å². The molecule has 6 rings (SSSR count). The number of benzene rings is 3. The third-order valence-corrected chi connectivity index (χ3v) is 10.9. The molecular formula is C36H42NOSi+. The van der Waals surface area contributed by atoms with Crippen LogP contribution in [0.15, 0.2) is 77.3 Å². The molecule has 1 saturated carbocycles. The second kappa shape index (κ2) is 9.48. The lowest BCUT2D eigenvalue weighted by molar-refractivity contribution is -0.659. The van der Waals surface area contributed by atoms with Crippen LogP contribution in [0.3, 0.4) is 0 Å². The number of rotatable bonds is 4. The highest BCUT2D eigenvalue weighted by Gasteiger charge is 2.30. The van der Waals surface area contributed by atoms with E-state index in [0.29, 0.717) is 5.41 Å². The average Bonchev–Trinajstić information content (AvgIpc) is 3.29. The fourth-order valence-electron chi connectivity index (χ4n) is 6.34. The minimum Gasteiger partial charge on any atom is -0.455 e. The molecule has 0 saturated heterocycles. The zero-order chi connectivity index (χ0) is 28.4. The molecule has 39 heavy (non-hydrogen) atoms. The van der Waals surface area contributed by atoms with Gasteiger partial charge in [-0.25, -0.2) is 4.57 Å². The summed E-state index contributed by atoms with van der Waals surface area (Å²) < 4.78 is 18.1. The van der Waals surface area contributed by atoms with Crippen LogP contribution >= 0.6 is 0 Å². The molecule has 0 aliphatic heterocycles. The van der Waals surface area contributed by atoms with Gasteiger partial charge in [-0.1, -0.05) is 88.1 Å². The molecule has 200 valence electrons. The first-order valence-electron chi connectivity index (χ1n) is 14.9. The standard InChI is InChI=1S/C36H42NOSi/c1-24-12-17-29-28-10-8-9-11-32(28)38-35(29)34(24)31-22-30(33(23-37(31)4)39(5,6)7)27-15-13-25(14-16-27)26-18-20-36(2,3)21-19-26/h8-17,22-23,26H,18-21H2,1-7H3/q+1/i26D. The second-order valence-corrected chi connectivity index (χ2v) is 18.5. The third kappa shape index (κ3) is 4.76. The first-order chi connectivity index (χ1) is 18.9. The summed E-state index contributed by atoms with van der Waals surface area (Å²) >= 11 is 0. The van der Waals surface area contributed by atoms with Crippen molar-refractivity contribution in [3.8, 4) is 22.4 Å². The average molecular weight is 534 g/mol. The molecule has 0 radical (unpaired) electrons. The number of aromatic nitrogens is 1. The van der Waals surface area contributed by atoms with Gasteiger partial charge in [0, 0.05) is 23.4 Å². The Labute approximate surface area is 236 Å². The molecule has 3 heteroatoms. The van der Waals surface area contributed by atoms with E-state index in [4.69, 9.17) is 4.42 Å². The largest absolute Gasteiger partial charge is 0.455 e. The van der Waals surface area contributed by atoms with Gasteiger partial charge in [-0.15, -0.1) is 0 Å². The minimum atomic E-state index is -1.67. The van der Waals surface area contributed by atoms with E-state index < -0.39 is 14.0 Å². The Hall–Kier alpha value is -3.17. The van der Waals surface area contributed by atoms with Crippen LogP contribution < -0.4 is 9.75 Å². The lowest BCUT2D eigenvalue weighted by Gasteiger charge is -2.34. The van der Waals surface area contributed by atoms with Gasteiger partial charge in [0.05, 0.1) is 13.6 Å². The van der Waals surface area contributed by atoms with Crippen molar-refractivity contribution in [3.63, 3.8) is 0 Å². The summed E-state index contributed by atoms with van der Waals surface area (Å²) in [6, 6.07) is 24.1. The van der Waals surface area contributed by atoms with Crippen molar-refractivity contribution in [1.82, 2.24) is 0 Å². The van der Waals surface area contributed by atoms with E-state index in [2.05, 4.69) is 119 Å². The van der Waals surface area contributed by atoms with Gasteiger partial charge in [0.25, 0.3) is 0 Å². The van der Waals surface area contributed by atoms with Gasteiger partial charge in [-0.3, -0.25) is 0 Å². The fourth-order valence-corrected chi connectivity index (χ4v) is 7.95. The van der Waals surface area contributed by atoms with Gasteiger partial charge in [0.15, 0.2) is 6.20 Å². The highest BCUT2D eigenvalue weighted by Crippen LogP contribution is 2.43. The molecular weight excluding hydrogens is 490 g/mol. The lowest BCUT2D eigenvalue weighted by Crippen LogP contribution is -2.46. The van der Waals surface area contributed by atoms with Crippen LogP contribution in [-0.4, -0.2) is 8.07 Å². The van der Waals surface area contributed by atoms with Gasteiger partial charge < -0.3 is 4.42 Å². The summed E-state index contributed by atoms with van der Waals surface area (Å²) in [6.45, 7) is 14.1. The van der Waals surface area contributed by atoms with Crippen molar-refractivity contribution in [2.75, 3.05) is 0 Å². The van der Waals surface area contributed by atoms with E-state index >= 15 is 0 Å². The Balaban J connectivity index is 1.50. The molecule has 2 heterocycles. The highest BCUT2D eigenvalue weighted by molar-refractivity contribution is 6.89. The Morgan fingerprint density at radius 3 is 2.31 bits per heavy atom. The minimum absolute atomic E-state index is 0.355. The zero-order valence-corrected chi connectivity index (χ0v) is 25.6. The molecule has 3 aromatic carbocycles. The molecule has 1 aliphatic carbocycles. The monoisotopic (exact) mass is 533 g/mol. The normalized spacial score (nSPS) is 17.5. The summed E-state index contributed by atoms with van der Waals surface area (Å²) in [6.07, 6.45) is 6.46. The number of fused-ring (bicyclic) bond motifs is 3. The van der Waals surface area contributed by atoms with Crippen molar-refractivity contribution in [1.29, 1.82) is 0 Å².